The van der Waals surface area contributed by atoms with E-state index in [2.05, 4.69) is 36.1 Å². The van der Waals surface area contributed by atoms with E-state index in [1.54, 1.807) is 12.4 Å². The van der Waals surface area contributed by atoms with Gasteiger partial charge in [-0.25, -0.2) is 20.6 Å². The quantitative estimate of drug-likeness (QED) is 0.239. The third-order valence-corrected chi connectivity index (χ3v) is 6.49. The first kappa shape index (κ1) is 22.1. The number of pyridine rings is 1. The number of nitrogens with one attached hydrogen (secondary N) is 2. The maximum absolute atomic E-state index is 13.0. The van der Waals surface area contributed by atoms with E-state index in [9.17, 15) is 14.7 Å². The number of nitrogens with zero attached hydrogens (tertiary/aromatic N) is 3. The first-order valence-electron chi connectivity index (χ1n) is 10.4. The molecule has 0 spiro atoms. The Morgan fingerprint density at radius 1 is 1.38 bits per heavy atom. The Morgan fingerprint density at radius 3 is 2.84 bits per heavy atom. The Balaban J connectivity index is 1.66. The predicted octanol–water partition coefficient (Wildman–Crippen LogP) is 3.89. The number of benzene rings is 1. The summed E-state index contributed by atoms with van der Waals surface area (Å²) in [5, 5.41) is 14.0. The number of carboxylic acid groups (broad SMARTS) is 1. The highest BCUT2D eigenvalue weighted by Crippen LogP contribution is 2.39. The lowest BCUT2D eigenvalue weighted by atomic mass is 10.0. The zero-order valence-electron chi connectivity index (χ0n) is 17.6. The first-order valence-corrected chi connectivity index (χ1v) is 11.2. The second-order valence-corrected chi connectivity index (χ2v) is 8.79. The summed E-state index contributed by atoms with van der Waals surface area (Å²) < 4.78 is 0.760. The van der Waals surface area contributed by atoms with Crippen LogP contribution in [0.3, 0.4) is 0 Å². The van der Waals surface area contributed by atoms with Gasteiger partial charge in [0.2, 0.25) is 5.91 Å². The molecule has 3 aromatic rings. The fourth-order valence-corrected chi connectivity index (χ4v) is 4.69. The number of amides is 2. The van der Waals surface area contributed by atoms with Gasteiger partial charge >= 0.3 is 6.09 Å². The van der Waals surface area contributed by atoms with Crippen molar-refractivity contribution in [1.29, 1.82) is 0 Å². The van der Waals surface area contributed by atoms with Gasteiger partial charge in [-0.15, -0.1) is 0 Å². The van der Waals surface area contributed by atoms with Crippen molar-refractivity contribution in [3.8, 4) is 0 Å². The molecule has 0 saturated carbocycles. The van der Waals surface area contributed by atoms with Crippen LogP contribution < -0.4 is 16.1 Å². The zero-order valence-corrected chi connectivity index (χ0v) is 19.2. The van der Waals surface area contributed by atoms with Crippen molar-refractivity contribution in [2.75, 3.05) is 23.3 Å². The van der Waals surface area contributed by atoms with Gasteiger partial charge in [-0.2, -0.15) is 0 Å². The number of aromatic nitrogens is 2. The molecule has 1 aliphatic rings. The van der Waals surface area contributed by atoms with Crippen LogP contribution in [0.1, 0.15) is 31.2 Å². The van der Waals surface area contributed by atoms with Crippen LogP contribution in [0.4, 0.5) is 16.2 Å². The molecule has 1 saturated heterocycles. The van der Waals surface area contributed by atoms with Crippen LogP contribution in [0, 0.1) is 0 Å². The highest BCUT2D eigenvalue weighted by molar-refractivity contribution is 9.10. The molecule has 0 bridgehead atoms. The maximum Gasteiger partial charge on any atom is 0.421 e. The van der Waals surface area contributed by atoms with Gasteiger partial charge in [0, 0.05) is 25.5 Å². The van der Waals surface area contributed by atoms with Crippen LogP contribution in [0.5, 0.6) is 0 Å². The molecular formula is C22H25BrN6O3. The third-order valence-electron chi connectivity index (χ3n) is 5.91. The zero-order chi connectivity index (χ0) is 22.8. The minimum atomic E-state index is -1.15. The van der Waals surface area contributed by atoms with Crippen LogP contribution in [-0.4, -0.2) is 51.2 Å². The van der Waals surface area contributed by atoms with E-state index in [1.807, 2.05) is 37.3 Å². The Hall–Kier alpha value is -3.11. The van der Waals surface area contributed by atoms with Crippen molar-refractivity contribution < 1.29 is 14.7 Å². The number of H-pyrrole nitrogens is 1. The molecule has 2 amide bonds. The molecule has 2 atom stereocenters. The fourth-order valence-electron chi connectivity index (χ4n) is 4.14. The van der Waals surface area contributed by atoms with Crippen LogP contribution >= 0.6 is 15.9 Å². The minimum absolute atomic E-state index is 0.126. The third kappa shape index (κ3) is 4.28. The molecule has 0 aliphatic carbocycles. The number of nitrogens with two attached hydrogens (primary N) is 1. The maximum atomic E-state index is 13.0. The summed E-state index contributed by atoms with van der Waals surface area (Å²) in [6, 6.07) is 9.27. The number of halogens is 1. The van der Waals surface area contributed by atoms with Crippen LogP contribution in [-0.2, 0) is 4.79 Å². The van der Waals surface area contributed by atoms with E-state index in [0.717, 1.165) is 39.1 Å². The lowest BCUT2D eigenvalue weighted by Gasteiger charge is -2.38. The Labute approximate surface area is 193 Å². The van der Waals surface area contributed by atoms with Gasteiger partial charge in [0.15, 0.2) is 0 Å². The number of rotatable bonds is 5. The van der Waals surface area contributed by atoms with Gasteiger partial charge in [0.05, 0.1) is 33.2 Å². The number of hydrogen-bond acceptors (Lipinski definition) is 5. The molecule has 1 aliphatic heterocycles. The number of hydrogen-bond donors (Lipinski definition) is 4. The summed E-state index contributed by atoms with van der Waals surface area (Å²) in [6.45, 7) is 3.05. The molecule has 168 valence electrons. The van der Waals surface area contributed by atoms with Crippen LogP contribution in [0.2, 0.25) is 0 Å². The van der Waals surface area contributed by atoms with Crippen LogP contribution in [0.25, 0.3) is 11.0 Å². The number of hydrazine groups is 1. The van der Waals surface area contributed by atoms with Gasteiger partial charge in [0.25, 0.3) is 0 Å². The Kier molecular flexibility index (Phi) is 6.33. The molecule has 10 heteroatoms. The topological polar surface area (TPSA) is 128 Å². The van der Waals surface area contributed by atoms with Crippen molar-refractivity contribution in [1.82, 2.24) is 15.0 Å². The van der Waals surface area contributed by atoms with E-state index < -0.39 is 6.09 Å². The second kappa shape index (κ2) is 9.17. The molecule has 3 heterocycles. The molecule has 0 radical (unpaired) electrons. The van der Waals surface area contributed by atoms with E-state index >= 15 is 0 Å². The summed E-state index contributed by atoms with van der Waals surface area (Å²) >= 11 is 3.60. The monoisotopic (exact) mass is 500 g/mol. The van der Waals surface area contributed by atoms with Gasteiger partial charge in [-0.05, 0) is 41.3 Å². The summed E-state index contributed by atoms with van der Waals surface area (Å²) in [7, 11) is 0. The van der Waals surface area contributed by atoms with E-state index in [4.69, 9.17) is 5.84 Å². The second-order valence-electron chi connectivity index (χ2n) is 7.93. The number of piperidine rings is 1. The van der Waals surface area contributed by atoms with Crippen molar-refractivity contribution in [3.05, 3.63) is 52.8 Å². The molecular weight excluding hydrogens is 476 g/mol. The summed E-state index contributed by atoms with van der Waals surface area (Å²) in [5.74, 6) is 5.31. The largest absolute Gasteiger partial charge is 0.464 e. The molecule has 32 heavy (non-hydrogen) atoms. The Bertz CT molecular complexity index is 1140. The molecule has 2 aromatic heterocycles. The van der Waals surface area contributed by atoms with Crippen molar-refractivity contribution >= 4 is 50.3 Å². The fraction of sp³-hybridized carbons (Fsp3) is 0.318. The molecule has 1 aromatic carbocycles. The summed E-state index contributed by atoms with van der Waals surface area (Å²) in [6.07, 6.45) is 3.76. The highest BCUT2D eigenvalue weighted by atomic mass is 79.9. The van der Waals surface area contributed by atoms with Crippen molar-refractivity contribution in [2.24, 2.45) is 5.84 Å². The molecule has 1 fully saturated rings. The SMILES string of the molecule is CC(C(=O)Nc1c[nH]c2ncc(Br)c(N3CCC[C@@H](N(N)C(=O)O)C3)c12)c1ccccc1. The highest BCUT2D eigenvalue weighted by Gasteiger charge is 2.30. The Morgan fingerprint density at radius 2 is 2.12 bits per heavy atom. The van der Waals surface area contributed by atoms with E-state index in [0.29, 0.717) is 24.3 Å². The number of anilines is 2. The van der Waals surface area contributed by atoms with Crippen LogP contribution in [0.15, 0.2) is 47.2 Å². The van der Waals surface area contributed by atoms with Crippen molar-refractivity contribution in [3.63, 3.8) is 0 Å². The van der Waals surface area contributed by atoms with Gasteiger partial charge < -0.3 is 20.3 Å². The van der Waals surface area contributed by atoms with E-state index in [-0.39, 0.29) is 17.9 Å². The first-order chi connectivity index (χ1) is 15.4. The molecule has 4 rings (SSSR count). The van der Waals surface area contributed by atoms with E-state index in [1.165, 1.54) is 0 Å². The lowest BCUT2D eigenvalue weighted by molar-refractivity contribution is -0.117. The summed E-state index contributed by atoms with van der Waals surface area (Å²) in [5.41, 5.74) is 3.04. The normalized spacial score (nSPS) is 17.2. The minimum Gasteiger partial charge on any atom is -0.464 e. The standard InChI is InChI=1S/C22H25BrN6O3/c1-13(14-6-3-2-4-7-14)21(30)27-17-11-26-20-18(17)19(16(23)10-25-20)28-9-5-8-15(12-28)29(24)22(31)32/h2-4,6-7,10-11,13,15H,5,8-9,12,24H2,1H3,(H,25,26)(H,27,30)(H,31,32)/t13?,15-/m1/s1. The van der Waals surface area contributed by atoms with Crippen molar-refractivity contribution in [2.45, 2.75) is 31.7 Å². The van der Waals surface area contributed by atoms with Gasteiger partial charge in [0.1, 0.15) is 5.65 Å². The lowest BCUT2D eigenvalue weighted by Crippen LogP contribution is -2.53. The van der Waals surface area contributed by atoms with Gasteiger partial charge in [-0.3, -0.25) is 4.79 Å². The average molecular weight is 501 g/mol. The van der Waals surface area contributed by atoms with Gasteiger partial charge in [-0.1, -0.05) is 30.3 Å². The summed E-state index contributed by atoms with van der Waals surface area (Å²) in [4.78, 5) is 34.0. The molecule has 9 nitrogen and oxygen atoms in total. The predicted molar refractivity (Wildman–Crippen MR) is 127 cm³/mol. The number of aromatic amines is 1. The number of fused-ring (bicyclic) bond motifs is 1. The average Bonchev–Trinajstić information content (AvgIpc) is 3.21. The number of carbonyl (C=O) groups excluding carboxylic acids is 1. The smallest absolute Gasteiger partial charge is 0.421 e. The molecule has 5 N–H and O–H groups in total. The number of carbonyl (C=O) groups is 2. The molecule has 1 unspecified atom stereocenters.